The van der Waals surface area contributed by atoms with Gasteiger partial charge in [-0.1, -0.05) is 6.08 Å². The summed E-state index contributed by atoms with van der Waals surface area (Å²) in [6.07, 6.45) is 7.26. The van der Waals surface area contributed by atoms with E-state index in [2.05, 4.69) is 11.6 Å². The van der Waals surface area contributed by atoms with Crippen LogP contribution in [0.4, 0.5) is 0 Å². The number of hydrogen-bond donors (Lipinski definition) is 0. The minimum absolute atomic E-state index is 0. The van der Waals surface area contributed by atoms with Crippen molar-refractivity contribution in [2.45, 2.75) is 27.3 Å². The molecule has 0 bridgehead atoms. The highest BCUT2D eigenvalue weighted by Gasteiger charge is 2.11. The van der Waals surface area contributed by atoms with Gasteiger partial charge in [-0.05, 0) is 20.8 Å². The highest BCUT2D eigenvalue weighted by molar-refractivity contribution is 8.93. The van der Waals surface area contributed by atoms with Crippen molar-refractivity contribution in [3.8, 4) is 0 Å². The first kappa shape index (κ1) is 20.8. The zero-order valence-electron chi connectivity index (χ0n) is 11.9. The monoisotopic (exact) mass is 352 g/mol. The number of rotatable bonds is 8. The summed E-state index contributed by atoms with van der Waals surface area (Å²) in [5.74, 6) is 0. The molecule has 0 saturated carbocycles. The Kier molecular flexibility index (Phi) is 17.1. The van der Waals surface area contributed by atoms with Crippen LogP contribution in [0.3, 0.4) is 0 Å². The van der Waals surface area contributed by atoms with Gasteiger partial charge >= 0.3 is 9.53 Å². The fraction of sp³-hybridized carbons (Fsp3) is 0.583. The lowest BCUT2D eigenvalue weighted by Crippen LogP contribution is -2.27. The Labute approximate surface area is 128 Å². The highest BCUT2D eigenvalue weighted by Crippen LogP contribution is 1.91. The Balaban J connectivity index is 0. The van der Waals surface area contributed by atoms with Gasteiger partial charge in [-0.15, -0.1) is 23.6 Å². The molecule has 112 valence electrons. The second kappa shape index (κ2) is 15.6. The topological polar surface area (TPSA) is 45.5 Å². The number of hydrogen-bond acceptors (Lipinski definition) is 4. The third-order valence-electron chi connectivity index (χ3n) is 1.81. The summed E-state index contributed by atoms with van der Waals surface area (Å²) in [7, 11) is -1.73. The number of imidazole rings is 1. The van der Waals surface area contributed by atoms with E-state index in [1.165, 1.54) is 0 Å². The van der Waals surface area contributed by atoms with E-state index in [1.54, 1.807) is 12.5 Å². The maximum atomic E-state index is 5.22. The molecule has 19 heavy (non-hydrogen) atoms. The van der Waals surface area contributed by atoms with Gasteiger partial charge in [-0.2, -0.15) is 0 Å². The Hall–Kier alpha value is -0.473. The van der Waals surface area contributed by atoms with Crippen LogP contribution in [0.1, 0.15) is 20.8 Å². The van der Waals surface area contributed by atoms with Crippen LogP contribution in [0.15, 0.2) is 31.4 Å². The van der Waals surface area contributed by atoms with Crippen molar-refractivity contribution >= 4 is 26.5 Å². The molecule has 1 heterocycles. The molecule has 0 aliphatic carbocycles. The zero-order chi connectivity index (χ0) is 13.6. The average Bonchev–Trinajstić information content (AvgIpc) is 2.84. The van der Waals surface area contributed by atoms with Crippen molar-refractivity contribution < 1.29 is 13.3 Å². The molecule has 0 saturated heterocycles. The van der Waals surface area contributed by atoms with Gasteiger partial charge in [0.05, 0.1) is 6.33 Å². The average molecular weight is 353 g/mol. The van der Waals surface area contributed by atoms with E-state index in [4.69, 9.17) is 13.3 Å². The van der Waals surface area contributed by atoms with E-state index < -0.39 is 9.53 Å². The number of halogens is 1. The van der Waals surface area contributed by atoms with Gasteiger partial charge in [-0.25, -0.2) is 4.98 Å². The Bertz CT molecular complexity index is 272. The van der Waals surface area contributed by atoms with Crippen molar-refractivity contribution in [3.63, 3.8) is 0 Å². The molecule has 1 rings (SSSR count). The Morgan fingerprint density at radius 3 is 2.00 bits per heavy atom. The fourth-order valence-electron chi connectivity index (χ4n) is 1.10. The summed E-state index contributed by atoms with van der Waals surface area (Å²) in [5.41, 5.74) is 0. The van der Waals surface area contributed by atoms with Gasteiger partial charge < -0.3 is 17.8 Å². The molecule has 0 atom stereocenters. The molecule has 5 nitrogen and oxygen atoms in total. The summed E-state index contributed by atoms with van der Waals surface area (Å²) in [6, 6.07) is 0. The van der Waals surface area contributed by atoms with E-state index in [9.17, 15) is 0 Å². The van der Waals surface area contributed by atoms with Gasteiger partial charge in [0.25, 0.3) is 0 Å². The van der Waals surface area contributed by atoms with Crippen LogP contribution < -0.4 is 0 Å². The third kappa shape index (κ3) is 12.3. The summed E-state index contributed by atoms with van der Waals surface area (Å²) in [5, 5.41) is 0. The fourth-order valence-corrected chi connectivity index (χ4v) is 2.20. The molecule has 0 radical (unpaired) electrons. The summed E-state index contributed by atoms with van der Waals surface area (Å²) in [6.45, 7) is 12.3. The molecule has 1 aromatic rings. The molecule has 0 unspecified atom stereocenters. The van der Waals surface area contributed by atoms with Crippen LogP contribution >= 0.6 is 17.0 Å². The molecule has 0 aliphatic heterocycles. The number of nitrogens with zero attached hydrogens (tertiary/aromatic N) is 2. The molecule has 0 fully saturated rings. The minimum Gasteiger partial charge on any atom is -0.376 e. The molecule has 0 amide bonds. The molecule has 0 aliphatic rings. The zero-order valence-corrected chi connectivity index (χ0v) is 14.8. The second-order valence-electron chi connectivity index (χ2n) is 3.20. The lowest BCUT2D eigenvalue weighted by molar-refractivity contribution is 0.107. The second-order valence-corrected chi connectivity index (χ2v) is 4.78. The van der Waals surface area contributed by atoms with E-state index in [-0.39, 0.29) is 17.0 Å². The Morgan fingerprint density at radius 2 is 1.68 bits per heavy atom. The predicted octanol–water partition coefficient (Wildman–Crippen LogP) is 2.46. The largest absolute Gasteiger partial charge is 0.484 e. The summed E-state index contributed by atoms with van der Waals surface area (Å²) >= 11 is 0. The molecular weight excluding hydrogens is 328 g/mol. The van der Waals surface area contributed by atoms with E-state index in [1.807, 2.05) is 37.6 Å². The maximum Gasteiger partial charge on any atom is 0.484 e. The van der Waals surface area contributed by atoms with Crippen LogP contribution in [0.25, 0.3) is 0 Å². The van der Waals surface area contributed by atoms with Gasteiger partial charge in [0.15, 0.2) is 0 Å². The first-order valence-corrected chi connectivity index (χ1v) is 7.61. The van der Waals surface area contributed by atoms with Crippen LogP contribution in [0.5, 0.6) is 0 Å². The Morgan fingerprint density at radius 1 is 1.16 bits per heavy atom. The van der Waals surface area contributed by atoms with E-state index >= 15 is 0 Å². The lowest BCUT2D eigenvalue weighted by Gasteiger charge is -2.12. The van der Waals surface area contributed by atoms with Crippen LogP contribution in [-0.4, -0.2) is 38.9 Å². The standard InChI is InChI=1S/C6H8N2.C6H16O3Si.BrH/c1-2-4-8-5-3-7-6-8;1-4-7-10(8-5-2)9-6-3;/h2-3,5-6H,1,4H2;10H,4-6H2,1-3H3;1H. The van der Waals surface area contributed by atoms with E-state index in [0.29, 0.717) is 19.8 Å². The third-order valence-corrected chi connectivity index (χ3v) is 3.62. The summed E-state index contributed by atoms with van der Waals surface area (Å²) in [4.78, 5) is 3.86. The van der Waals surface area contributed by atoms with Crippen molar-refractivity contribution in [2.24, 2.45) is 0 Å². The number of aromatic nitrogens is 2. The van der Waals surface area contributed by atoms with Gasteiger partial charge in [0.2, 0.25) is 0 Å². The molecule has 1 aromatic heterocycles. The van der Waals surface area contributed by atoms with Crippen LogP contribution in [-0.2, 0) is 19.8 Å². The van der Waals surface area contributed by atoms with Crippen molar-refractivity contribution in [3.05, 3.63) is 31.4 Å². The molecule has 0 aromatic carbocycles. The van der Waals surface area contributed by atoms with E-state index in [0.717, 1.165) is 6.54 Å². The predicted molar refractivity (Wildman–Crippen MR) is 84.8 cm³/mol. The van der Waals surface area contributed by atoms with Gasteiger partial charge in [-0.3, -0.25) is 0 Å². The summed E-state index contributed by atoms with van der Waals surface area (Å²) < 4.78 is 17.6. The molecule has 7 heteroatoms. The normalized spacial score (nSPS) is 9.47. The van der Waals surface area contributed by atoms with Crippen molar-refractivity contribution in [1.82, 2.24) is 9.55 Å². The lowest BCUT2D eigenvalue weighted by atomic mass is 10.6. The quantitative estimate of drug-likeness (QED) is 0.532. The SMILES string of the molecule is Br.C=CCn1ccnc1.CCO[SiH](OCC)OCC. The molecule has 0 spiro atoms. The number of allylic oxidation sites excluding steroid dienone is 1. The van der Waals surface area contributed by atoms with Crippen molar-refractivity contribution in [2.75, 3.05) is 19.8 Å². The molecular formula is C12H25BrN2O3Si. The maximum absolute atomic E-state index is 5.22. The van der Waals surface area contributed by atoms with Crippen LogP contribution in [0, 0.1) is 0 Å². The van der Waals surface area contributed by atoms with Gasteiger partial charge in [0.1, 0.15) is 0 Å². The minimum atomic E-state index is -1.73. The smallest absolute Gasteiger partial charge is 0.376 e. The first-order valence-electron chi connectivity index (χ1n) is 6.19. The van der Waals surface area contributed by atoms with Crippen LogP contribution in [0.2, 0.25) is 0 Å². The van der Waals surface area contributed by atoms with Crippen molar-refractivity contribution in [1.29, 1.82) is 0 Å². The molecule has 0 N–H and O–H groups in total. The highest BCUT2D eigenvalue weighted by atomic mass is 79.9. The first-order chi connectivity index (χ1) is 8.78. The van der Waals surface area contributed by atoms with Gasteiger partial charge in [0, 0.05) is 38.8 Å².